The van der Waals surface area contributed by atoms with E-state index in [0.717, 1.165) is 25.7 Å². The summed E-state index contributed by atoms with van der Waals surface area (Å²) in [5.74, 6) is 6.08. The molecule has 0 spiro atoms. The average molecular weight is 312 g/mol. The second-order valence-corrected chi connectivity index (χ2v) is 5.68. The van der Waals surface area contributed by atoms with Crippen molar-refractivity contribution < 1.29 is 9.53 Å². The molecule has 2 aromatic rings. The second kappa shape index (κ2) is 9.68. The molecule has 0 aliphatic heterocycles. The molecule has 2 rings (SSSR count). The monoisotopic (exact) mass is 312 g/mol. The van der Waals surface area contributed by atoms with Gasteiger partial charge >= 0.3 is 0 Å². The Balaban J connectivity index is 1.84. The molecule has 0 unspecified atom stereocenters. The fourth-order valence-corrected chi connectivity index (χ4v) is 2.46. The number of unbranched alkanes of at least 4 members (excludes halogenated alkanes) is 4. The summed E-state index contributed by atoms with van der Waals surface area (Å²) in [4.78, 5) is 0.492. The highest BCUT2D eigenvalue weighted by Crippen LogP contribution is 2.08. The fourth-order valence-electron chi connectivity index (χ4n) is 2.46. The normalized spacial score (nSPS) is 10.3. The van der Waals surface area contributed by atoms with Gasteiger partial charge in [-0.05, 0) is 35.6 Å². The van der Waals surface area contributed by atoms with E-state index in [4.69, 9.17) is 4.63 Å². The standard InChI is InChI=1S/C19H24N2O2/c1-2-3-4-5-6-10-15-18-19(21(22)23-20-18)16-11-14-17-12-8-7-9-13-17/h7-9,12-13H,2-6,11,14,16H2,1H3. The summed E-state index contributed by atoms with van der Waals surface area (Å²) in [6.45, 7) is 2.19. The van der Waals surface area contributed by atoms with Crippen molar-refractivity contribution in [3.8, 4) is 11.8 Å². The van der Waals surface area contributed by atoms with Crippen LogP contribution >= 0.6 is 0 Å². The summed E-state index contributed by atoms with van der Waals surface area (Å²) in [5.41, 5.74) is 2.30. The van der Waals surface area contributed by atoms with Crippen LogP contribution in [0.5, 0.6) is 0 Å². The van der Waals surface area contributed by atoms with Crippen LogP contribution in [0.25, 0.3) is 0 Å². The summed E-state index contributed by atoms with van der Waals surface area (Å²) in [6, 6.07) is 10.2. The Kier molecular flexibility index (Phi) is 7.19. The van der Waals surface area contributed by atoms with Crippen molar-refractivity contribution in [2.75, 3.05) is 0 Å². The molecule has 0 amide bonds. The van der Waals surface area contributed by atoms with Crippen molar-refractivity contribution in [1.82, 2.24) is 5.16 Å². The highest BCUT2D eigenvalue weighted by Gasteiger charge is 2.16. The molecule has 23 heavy (non-hydrogen) atoms. The lowest BCUT2D eigenvalue weighted by Gasteiger charge is -1.99. The summed E-state index contributed by atoms with van der Waals surface area (Å²) in [6.07, 6.45) is 8.04. The Labute approximate surface area is 138 Å². The molecular formula is C19H24N2O2. The lowest BCUT2D eigenvalue weighted by Crippen LogP contribution is -2.28. The van der Waals surface area contributed by atoms with Gasteiger partial charge in [-0.1, -0.05) is 62.4 Å². The maximum absolute atomic E-state index is 11.7. The molecule has 0 saturated carbocycles. The molecule has 122 valence electrons. The number of rotatable bonds is 8. The van der Waals surface area contributed by atoms with Crippen molar-refractivity contribution in [1.29, 1.82) is 0 Å². The molecule has 1 heterocycles. The van der Waals surface area contributed by atoms with Crippen molar-refractivity contribution in [3.05, 3.63) is 52.5 Å². The second-order valence-electron chi connectivity index (χ2n) is 5.68. The molecule has 0 saturated heterocycles. The Morgan fingerprint density at radius 2 is 1.91 bits per heavy atom. The van der Waals surface area contributed by atoms with Crippen LogP contribution in [0, 0.1) is 17.0 Å². The Bertz CT molecular complexity index is 638. The largest absolute Gasteiger partial charge is 0.359 e. The van der Waals surface area contributed by atoms with E-state index in [-0.39, 0.29) is 0 Å². The van der Waals surface area contributed by atoms with Gasteiger partial charge < -0.3 is 5.21 Å². The van der Waals surface area contributed by atoms with Crippen LogP contribution in [-0.4, -0.2) is 5.16 Å². The maximum Gasteiger partial charge on any atom is 0.294 e. The maximum atomic E-state index is 11.7. The van der Waals surface area contributed by atoms with Crippen LogP contribution in [-0.2, 0) is 12.8 Å². The van der Waals surface area contributed by atoms with Crippen LogP contribution in [0.4, 0.5) is 0 Å². The van der Waals surface area contributed by atoms with Gasteiger partial charge in [0.1, 0.15) is 0 Å². The van der Waals surface area contributed by atoms with E-state index >= 15 is 0 Å². The van der Waals surface area contributed by atoms with E-state index in [1.165, 1.54) is 24.8 Å². The highest BCUT2D eigenvalue weighted by molar-refractivity contribution is 5.28. The van der Waals surface area contributed by atoms with Crippen LogP contribution in [0.3, 0.4) is 0 Å². The SMILES string of the molecule is CCCCCCC#Cc1no[n+]([O-])c1CCCc1ccccc1. The van der Waals surface area contributed by atoms with Crippen LogP contribution < -0.4 is 4.90 Å². The van der Waals surface area contributed by atoms with Crippen molar-refractivity contribution in [3.63, 3.8) is 0 Å². The summed E-state index contributed by atoms with van der Waals surface area (Å²) in [7, 11) is 0. The van der Waals surface area contributed by atoms with Gasteiger partial charge in [-0.2, -0.15) is 0 Å². The molecular weight excluding hydrogens is 288 g/mol. The fraction of sp³-hybridized carbons (Fsp3) is 0.474. The third-order valence-electron chi connectivity index (χ3n) is 3.78. The zero-order valence-electron chi connectivity index (χ0n) is 13.8. The predicted octanol–water partition coefficient (Wildman–Crippen LogP) is 3.81. The first-order valence-corrected chi connectivity index (χ1v) is 8.42. The number of aryl methyl sites for hydroxylation is 1. The van der Waals surface area contributed by atoms with Gasteiger partial charge in [0, 0.05) is 12.8 Å². The molecule has 0 N–H and O–H groups in total. The topological polar surface area (TPSA) is 53.0 Å². The van der Waals surface area contributed by atoms with E-state index in [9.17, 15) is 5.21 Å². The van der Waals surface area contributed by atoms with Gasteiger partial charge in [0.05, 0.1) is 5.16 Å². The zero-order chi connectivity index (χ0) is 16.3. The van der Waals surface area contributed by atoms with Gasteiger partial charge in [-0.15, -0.1) is 0 Å². The molecule has 0 bridgehead atoms. The first kappa shape index (κ1) is 17.1. The molecule has 0 radical (unpaired) electrons. The molecule has 4 nitrogen and oxygen atoms in total. The minimum atomic E-state index is 0.489. The van der Waals surface area contributed by atoms with Crippen molar-refractivity contribution in [2.45, 2.75) is 58.3 Å². The van der Waals surface area contributed by atoms with Crippen LogP contribution in [0.1, 0.15) is 62.4 Å². The summed E-state index contributed by atoms with van der Waals surface area (Å²) in [5, 5.41) is 15.5. The lowest BCUT2D eigenvalue weighted by atomic mass is 10.1. The lowest BCUT2D eigenvalue weighted by molar-refractivity contribution is -0.807. The van der Waals surface area contributed by atoms with Crippen LogP contribution in [0.2, 0.25) is 0 Å². The van der Waals surface area contributed by atoms with E-state index < -0.39 is 0 Å². The van der Waals surface area contributed by atoms with Gasteiger partial charge in [0.15, 0.2) is 0 Å². The van der Waals surface area contributed by atoms with Gasteiger partial charge in [-0.25, -0.2) is 0 Å². The summed E-state index contributed by atoms with van der Waals surface area (Å²) >= 11 is 0. The minimum absolute atomic E-state index is 0.489. The van der Waals surface area contributed by atoms with Crippen molar-refractivity contribution >= 4 is 0 Å². The third-order valence-corrected chi connectivity index (χ3v) is 3.78. The smallest absolute Gasteiger partial charge is 0.294 e. The highest BCUT2D eigenvalue weighted by atomic mass is 16.8. The molecule has 1 aromatic carbocycles. The molecule has 4 heteroatoms. The van der Waals surface area contributed by atoms with E-state index in [1.54, 1.807) is 0 Å². The summed E-state index contributed by atoms with van der Waals surface area (Å²) < 4.78 is 4.70. The Morgan fingerprint density at radius 1 is 1.09 bits per heavy atom. The first-order chi connectivity index (χ1) is 11.3. The average Bonchev–Trinajstić information content (AvgIpc) is 2.92. The number of aromatic nitrogens is 2. The van der Waals surface area contributed by atoms with Crippen LogP contribution in [0.15, 0.2) is 35.0 Å². The predicted molar refractivity (Wildman–Crippen MR) is 89.6 cm³/mol. The van der Waals surface area contributed by atoms with E-state index in [2.05, 4.69) is 36.1 Å². The first-order valence-electron chi connectivity index (χ1n) is 8.42. The number of nitrogens with zero attached hydrogens (tertiary/aromatic N) is 2. The molecule has 1 aromatic heterocycles. The number of benzene rings is 1. The minimum Gasteiger partial charge on any atom is -0.359 e. The molecule has 0 aliphatic carbocycles. The molecule has 0 atom stereocenters. The van der Waals surface area contributed by atoms with E-state index in [1.807, 2.05) is 18.2 Å². The number of hydrogen-bond donors (Lipinski definition) is 0. The quantitative estimate of drug-likeness (QED) is 0.423. The Morgan fingerprint density at radius 3 is 2.70 bits per heavy atom. The zero-order valence-corrected chi connectivity index (χ0v) is 13.8. The van der Waals surface area contributed by atoms with Crippen molar-refractivity contribution in [2.24, 2.45) is 0 Å². The van der Waals surface area contributed by atoms with Gasteiger partial charge in [0.25, 0.3) is 5.69 Å². The number of hydrogen-bond acceptors (Lipinski definition) is 3. The Hall–Kier alpha value is -2.28. The molecule has 0 aliphatic rings. The van der Waals surface area contributed by atoms with E-state index in [0.29, 0.717) is 22.7 Å². The van der Waals surface area contributed by atoms with Gasteiger partial charge in [0.2, 0.25) is 5.69 Å². The third kappa shape index (κ3) is 5.78. The van der Waals surface area contributed by atoms with Gasteiger partial charge in [-0.3, -0.25) is 4.63 Å². The molecule has 0 fully saturated rings.